The highest BCUT2D eigenvalue weighted by atomic mass is 16.5. The topological polar surface area (TPSA) is 70.5 Å². The molecule has 4 N–H and O–H groups in total. The van der Waals surface area contributed by atoms with E-state index in [0.29, 0.717) is 26.4 Å². The summed E-state index contributed by atoms with van der Waals surface area (Å²) < 4.78 is 11.1. The molecule has 0 heterocycles. The van der Waals surface area contributed by atoms with E-state index in [2.05, 4.69) is 0 Å². The zero-order chi connectivity index (χ0) is 14.2. The minimum absolute atomic E-state index is 0.569. The first-order valence-corrected chi connectivity index (χ1v) is 6.58. The molecule has 2 rings (SSSR count). The third-order valence-electron chi connectivity index (χ3n) is 2.87. The molecule has 0 amide bonds. The number of benzene rings is 2. The van der Waals surface area contributed by atoms with Crippen molar-refractivity contribution >= 4 is 11.4 Å². The minimum Gasteiger partial charge on any atom is -0.399 e. The van der Waals surface area contributed by atoms with Gasteiger partial charge in [-0.3, -0.25) is 0 Å². The van der Waals surface area contributed by atoms with E-state index in [1.807, 2.05) is 48.5 Å². The van der Waals surface area contributed by atoms with Crippen molar-refractivity contribution in [1.29, 1.82) is 0 Å². The van der Waals surface area contributed by atoms with Crippen LogP contribution in [-0.2, 0) is 22.7 Å². The summed E-state index contributed by atoms with van der Waals surface area (Å²) in [6, 6.07) is 15.3. The second-order valence-electron chi connectivity index (χ2n) is 4.59. The van der Waals surface area contributed by atoms with E-state index < -0.39 is 0 Å². The number of anilines is 2. The molecular formula is C16H20N2O2. The number of nitrogen functional groups attached to an aromatic ring is 2. The molecule has 20 heavy (non-hydrogen) atoms. The SMILES string of the molecule is Nc1ccc(COCCOCc2ccc(N)cc2)cc1. The van der Waals surface area contributed by atoms with E-state index in [1.54, 1.807) is 0 Å². The van der Waals surface area contributed by atoms with Gasteiger partial charge in [-0.25, -0.2) is 0 Å². The normalized spacial score (nSPS) is 10.6. The predicted molar refractivity (Wildman–Crippen MR) is 81.0 cm³/mol. The lowest BCUT2D eigenvalue weighted by atomic mass is 10.2. The highest BCUT2D eigenvalue weighted by Gasteiger charge is 1.95. The molecule has 0 aliphatic heterocycles. The Morgan fingerprint density at radius 2 is 0.950 bits per heavy atom. The Morgan fingerprint density at radius 1 is 0.600 bits per heavy atom. The fourth-order valence-electron chi connectivity index (χ4n) is 1.73. The Hall–Kier alpha value is -2.04. The van der Waals surface area contributed by atoms with Crippen LogP contribution in [-0.4, -0.2) is 13.2 Å². The maximum atomic E-state index is 5.62. The summed E-state index contributed by atoms with van der Waals surface area (Å²) in [7, 11) is 0. The second kappa shape index (κ2) is 7.53. The van der Waals surface area contributed by atoms with Gasteiger partial charge in [0.2, 0.25) is 0 Å². The first kappa shape index (κ1) is 14.4. The molecule has 0 radical (unpaired) electrons. The van der Waals surface area contributed by atoms with E-state index in [1.165, 1.54) is 0 Å². The molecule has 0 saturated carbocycles. The van der Waals surface area contributed by atoms with Crippen LogP contribution in [0.15, 0.2) is 48.5 Å². The summed E-state index contributed by atoms with van der Waals surface area (Å²) in [6.07, 6.45) is 0. The Kier molecular flexibility index (Phi) is 5.41. The van der Waals surface area contributed by atoms with Crippen molar-refractivity contribution in [3.63, 3.8) is 0 Å². The zero-order valence-corrected chi connectivity index (χ0v) is 11.4. The van der Waals surface area contributed by atoms with Gasteiger partial charge in [-0.15, -0.1) is 0 Å². The van der Waals surface area contributed by atoms with Crippen molar-refractivity contribution in [3.8, 4) is 0 Å². The Morgan fingerprint density at radius 3 is 1.30 bits per heavy atom. The third-order valence-corrected chi connectivity index (χ3v) is 2.87. The minimum atomic E-state index is 0.569. The van der Waals surface area contributed by atoms with Crippen molar-refractivity contribution in [2.24, 2.45) is 0 Å². The van der Waals surface area contributed by atoms with Crippen LogP contribution in [0.2, 0.25) is 0 Å². The smallest absolute Gasteiger partial charge is 0.0718 e. The van der Waals surface area contributed by atoms with Gasteiger partial charge in [0.05, 0.1) is 26.4 Å². The van der Waals surface area contributed by atoms with E-state index in [0.717, 1.165) is 22.5 Å². The number of rotatable bonds is 7. The molecular weight excluding hydrogens is 252 g/mol. The lowest BCUT2D eigenvalue weighted by Gasteiger charge is -2.06. The van der Waals surface area contributed by atoms with Gasteiger partial charge in [-0.2, -0.15) is 0 Å². The van der Waals surface area contributed by atoms with Crippen molar-refractivity contribution in [2.45, 2.75) is 13.2 Å². The van der Waals surface area contributed by atoms with Gasteiger partial charge in [-0.05, 0) is 35.4 Å². The van der Waals surface area contributed by atoms with Crippen LogP contribution in [0.25, 0.3) is 0 Å². The number of hydrogen-bond donors (Lipinski definition) is 2. The molecule has 0 atom stereocenters. The van der Waals surface area contributed by atoms with Crippen molar-refractivity contribution in [1.82, 2.24) is 0 Å². The fourth-order valence-corrected chi connectivity index (χ4v) is 1.73. The number of ether oxygens (including phenoxy) is 2. The second-order valence-corrected chi connectivity index (χ2v) is 4.59. The molecule has 0 aliphatic carbocycles. The van der Waals surface area contributed by atoms with E-state index in [9.17, 15) is 0 Å². The Bertz CT molecular complexity index is 460. The summed E-state index contributed by atoms with van der Waals surface area (Å²) >= 11 is 0. The van der Waals surface area contributed by atoms with Gasteiger partial charge < -0.3 is 20.9 Å². The van der Waals surface area contributed by atoms with Crippen LogP contribution in [0.3, 0.4) is 0 Å². The maximum absolute atomic E-state index is 5.62. The third kappa shape index (κ3) is 4.91. The summed E-state index contributed by atoms with van der Waals surface area (Å²) in [5, 5.41) is 0. The molecule has 4 heteroatoms. The fraction of sp³-hybridized carbons (Fsp3) is 0.250. The molecule has 0 unspecified atom stereocenters. The maximum Gasteiger partial charge on any atom is 0.0718 e. The predicted octanol–water partition coefficient (Wildman–Crippen LogP) is 2.58. The number of nitrogens with two attached hydrogens (primary N) is 2. The van der Waals surface area contributed by atoms with Gasteiger partial charge in [0, 0.05) is 11.4 Å². The zero-order valence-electron chi connectivity index (χ0n) is 11.4. The van der Waals surface area contributed by atoms with Gasteiger partial charge >= 0.3 is 0 Å². The van der Waals surface area contributed by atoms with Crippen LogP contribution in [0, 0.1) is 0 Å². The average molecular weight is 272 g/mol. The highest BCUT2D eigenvalue weighted by Crippen LogP contribution is 2.07. The molecule has 0 saturated heterocycles. The van der Waals surface area contributed by atoms with Gasteiger partial charge in [0.1, 0.15) is 0 Å². The summed E-state index contributed by atoms with van der Waals surface area (Å²) in [6.45, 7) is 2.29. The van der Waals surface area contributed by atoms with Crippen LogP contribution in [0.1, 0.15) is 11.1 Å². The molecule has 0 bridgehead atoms. The van der Waals surface area contributed by atoms with E-state index in [-0.39, 0.29) is 0 Å². The van der Waals surface area contributed by atoms with E-state index >= 15 is 0 Å². The quantitative estimate of drug-likeness (QED) is 0.600. The van der Waals surface area contributed by atoms with Crippen molar-refractivity contribution in [3.05, 3.63) is 59.7 Å². The van der Waals surface area contributed by atoms with Crippen LogP contribution in [0.4, 0.5) is 11.4 Å². The van der Waals surface area contributed by atoms with Gasteiger partial charge in [0.15, 0.2) is 0 Å². The first-order valence-electron chi connectivity index (χ1n) is 6.58. The van der Waals surface area contributed by atoms with Gasteiger partial charge in [0.25, 0.3) is 0 Å². The lowest BCUT2D eigenvalue weighted by Crippen LogP contribution is -2.04. The summed E-state index contributed by atoms with van der Waals surface area (Å²) in [5.74, 6) is 0. The van der Waals surface area contributed by atoms with Crippen LogP contribution in [0.5, 0.6) is 0 Å². The van der Waals surface area contributed by atoms with Crippen molar-refractivity contribution < 1.29 is 9.47 Å². The average Bonchev–Trinajstić information content (AvgIpc) is 2.46. The summed E-state index contributed by atoms with van der Waals surface area (Å²) in [5.41, 5.74) is 15.0. The molecule has 0 aromatic heterocycles. The van der Waals surface area contributed by atoms with Gasteiger partial charge in [-0.1, -0.05) is 24.3 Å². The molecule has 0 fully saturated rings. The van der Waals surface area contributed by atoms with E-state index in [4.69, 9.17) is 20.9 Å². The molecule has 0 spiro atoms. The first-order chi connectivity index (χ1) is 9.74. The molecule has 0 aliphatic rings. The number of hydrogen-bond acceptors (Lipinski definition) is 4. The van der Waals surface area contributed by atoms with Crippen LogP contribution >= 0.6 is 0 Å². The Balaban J connectivity index is 1.57. The molecule has 2 aromatic rings. The highest BCUT2D eigenvalue weighted by molar-refractivity contribution is 5.39. The molecule has 2 aromatic carbocycles. The molecule has 106 valence electrons. The Labute approximate surface area is 119 Å². The largest absolute Gasteiger partial charge is 0.399 e. The van der Waals surface area contributed by atoms with Crippen molar-refractivity contribution in [2.75, 3.05) is 24.7 Å². The molecule has 4 nitrogen and oxygen atoms in total. The monoisotopic (exact) mass is 272 g/mol. The standard InChI is InChI=1S/C16H20N2O2/c17-15-5-1-13(2-6-15)11-19-9-10-20-12-14-3-7-16(18)8-4-14/h1-8H,9-12,17-18H2. The summed E-state index contributed by atoms with van der Waals surface area (Å²) in [4.78, 5) is 0. The van der Waals surface area contributed by atoms with Crippen LogP contribution < -0.4 is 11.5 Å². The lowest BCUT2D eigenvalue weighted by molar-refractivity contribution is 0.0339.